The maximum atomic E-state index is 11.1. The Morgan fingerprint density at radius 1 is 1.33 bits per heavy atom. The van der Waals surface area contributed by atoms with Gasteiger partial charge in [-0.1, -0.05) is 32.6 Å². The summed E-state index contributed by atoms with van der Waals surface area (Å²) in [7, 11) is 1.26. The summed E-state index contributed by atoms with van der Waals surface area (Å²) < 4.78 is 4.49. The summed E-state index contributed by atoms with van der Waals surface area (Å²) >= 11 is 0. The second-order valence-electron chi connectivity index (χ2n) is 2.17. The van der Waals surface area contributed by atoms with Crippen LogP contribution in [-0.2, 0) is 14.3 Å². The summed E-state index contributed by atoms with van der Waals surface area (Å²) in [6.07, 6.45) is 5.01. The fourth-order valence-electron chi connectivity index (χ4n) is 0.797. The molecule has 0 atom stereocenters. The fraction of sp³-hybridized carbons (Fsp3) is 0.333. The molecule has 0 aliphatic carbocycles. The van der Waals surface area contributed by atoms with Crippen molar-refractivity contribution in [3.05, 3.63) is 36.0 Å². The largest absolute Gasteiger partial charge is 0.465 e. The van der Waals surface area contributed by atoms with Crippen LogP contribution in [0.15, 0.2) is 36.0 Å². The molecule has 0 aliphatic heterocycles. The lowest BCUT2D eigenvalue weighted by atomic mass is 10.1. The number of rotatable bonds is 4. The van der Waals surface area contributed by atoms with Crippen LogP contribution in [0.5, 0.6) is 0 Å². The molecule has 0 N–H and O–H groups in total. The fourth-order valence-corrected chi connectivity index (χ4v) is 0.797. The van der Waals surface area contributed by atoms with E-state index in [2.05, 4.69) is 11.3 Å². The molecule has 0 saturated carbocycles. The lowest BCUT2D eigenvalue weighted by molar-refractivity contribution is -0.136. The van der Waals surface area contributed by atoms with E-state index in [-0.39, 0.29) is 5.57 Å². The van der Waals surface area contributed by atoms with Crippen LogP contribution in [-0.4, -0.2) is 19.4 Å². The van der Waals surface area contributed by atoms with Crippen molar-refractivity contribution in [1.29, 1.82) is 0 Å². The van der Waals surface area contributed by atoms with Gasteiger partial charge < -0.3 is 4.74 Å². The van der Waals surface area contributed by atoms with Crippen LogP contribution < -0.4 is 0 Å². The molecule has 3 heteroatoms. The first-order chi connectivity index (χ1) is 7.21. The van der Waals surface area contributed by atoms with Gasteiger partial charge in [-0.3, -0.25) is 4.79 Å². The smallest absolute Gasteiger partial charge is 0.338 e. The summed E-state index contributed by atoms with van der Waals surface area (Å²) in [6.45, 7) is 9.11. The van der Waals surface area contributed by atoms with E-state index in [0.717, 1.165) is 0 Å². The number of hydrogen-bond acceptors (Lipinski definition) is 3. The van der Waals surface area contributed by atoms with Crippen molar-refractivity contribution < 1.29 is 14.3 Å². The molecular weight excluding hydrogens is 192 g/mol. The summed E-state index contributed by atoms with van der Waals surface area (Å²) in [6, 6.07) is 0. The lowest BCUT2D eigenvalue weighted by Crippen LogP contribution is -2.07. The summed E-state index contributed by atoms with van der Waals surface area (Å²) in [5.41, 5.74) is 0.516. The third-order valence-electron chi connectivity index (χ3n) is 1.44. The predicted octanol–water partition coefficient (Wildman–Crippen LogP) is 2.44. The van der Waals surface area contributed by atoms with E-state index in [0.29, 0.717) is 11.9 Å². The van der Waals surface area contributed by atoms with Crippen LogP contribution in [0.1, 0.15) is 20.8 Å². The van der Waals surface area contributed by atoms with Crippen molar-refractivity contribution in [1.82, 2.24) is 0 Å². The first-order valence-corrected chi connectivity index (χ1v) is 4.74. The van der Waals surface area contributed by atoms with Crippen LogP contribution in [0.2, 0.25) is 0 Å². The lowest BCUT2D eigenvalue weighted by Gasteiger charge is -2.02. The molecule has 0 amide bonds. The Morgan fingerprint density at radius 2 is 1.87 bits per heavy atom. The van der Waals surface area contributed by atoms with Crippen molar-refractivity contribution in [3.8, 4) is 0 Å². The molecule has 0 aromatic heterocycles. The minimum Gasteiger partial charge on any atom is -0.465 e. The summed E-state index contributed by atoms with van der Waals surface area (Å²) in [5.74, 6) is -0.542. The second kappa shape index (κ2) is 10.4. The maximum absolute atomic E-state index is 11.1. The van der Waals surface area contributed by atoms with E-state index in [4.69, 9.17) is 0 Å². The van der Waals surface area contributed by atoms with E-state index in [1.165, 1.54) is 19.3 Å². The molecule has 0 aromatic rings. The molecule has 0 bridgehead atoms. The summed E-state index contributed by atoms with van der Waals surface area (Å²) in [4.78, 5) is 21.6. The topological polar surface area (TPSA) is 43.4 Å². The van der Waals surface area contributed by atoms with Gasteiger partial charge in [-0.25, -0.2) is 4.79 Å². The molecule has 0 aliphatic rings. The number of methoxy groups -OCH3 is 1. The zero-order valence-electron chi connectivity index (χ0n) is 9.74. The zero-order valence-corrected chi connectivity index (χ0v) is 9.74. The molecule has 84 valence electrons. The quantitative estimate of drug-likeness (QED) is 0.310. The Hall–Kier alpha value is -1.64. The van der Waals surface area contributed by atoms with Gasteiger partial charge in [0.05, 0.1) is 12.7 Å². The number of hydrogen-bond donors (Lipinski definition) is 0. The van der Waals surface area contributed by atoms with Gasteiger partial charge in [0.2, 0.25) is 0 Å². The zero-order chi connectivity index (χ0) is 12.3. The minimum absolute atomic E-state index is 0.218. The molecule has 0 saturated heterocycles. The van der Waals surface area contributed by atoms with Gasteiger partial charge in [0.1, 0.15) is 0 Å². The van der Waals surface area contributed by atoms with Gasteiger partial charge in [-0.2, -0.15) is 0 Å². The standard InChI is InChI=1S/C10H12O3.C2H6/c1-4-6-9(10(12)13-3)8(5-2)7-11;1-2/h4-7H,1H2,2-3H3;1-2H3/b8-5-,9-6+;. The van der Waals surface area contributed by atoms with Crippen LogP contribution in [0.3, 0.4) is 0 Å². The highest BCUT2D eigenvalue weighted by molar-refractivity contribution is 6.02. The van der Waals surface area contributed by atoms with E-state index >= 15 is 0 Å². The van der Waals surface area contributed by atoms with Gasteiger partial charge in [-0.05, 0) is 13.0 Å². The van der Waals surface area contributed by atoms with Gasteiger partial charge in [0.25, 0.3) is 0 Å². The summed E-state index contributed by atoms with van der Waals surface area (Å²) in [5, 5.41) is 0. The molecule has 0 rings (SSSR count). The van der Waals surface area contributed by atoms with Crippen molar-refractivity contribution in [2.45, 2.75) is 20.8 Å². The Balaban J connectivity index is 0. The van der Waals surface area contributed by atoms with Crippen LogP contribution in [0.25, 0.3) is 0 Å². The first kappa shape index (κ1) is 15.8. The number of ether oxygens (including phenoxy) is 1. The van der Waals surface area contributed by atoms with E-state index < -0.39 is 5.97 Å². The molecule has 0 spiro atoms. The molecule has 3 nitrogen and oxygen atoms in total. The molecule has 0 heterocycles. The van der Waals surface area contributed by atoms with Crippen molar-refractivity contribution >= 4 is 12.3 Å². The van der Waals surface area contributed by atoms with Gasteiger partial charge in [0.15, 0.2) is 6.29 Å². The number of esters is 1. The van der Waals surface area contributed by atoms with Crippen molar-refractivity contribution in [2.75, 3.05) is 7.11 Å². The molecule has 0 unspecified atom stereocenters. The van der Waals surface area contributed by atoms with Crippen LogP contribution in [0, 0.1) is 0 Å². The Morgan fingerprint density at radius 3 is 2.13 bits per heavy atom. The van der Waals surface area contributed by atoms with Gasteiger partial charge >= 0.3 is 5.97 Å². The van der Waals surface area contributed by atoms with Crippen molar-refractivity contribution in [3.63, 3.8) is 0 Å². The molecule has 0 fully saturated rings. The minimum atomic E-state index is -0.542. The van der Waals surface area contributed by atoms with Gasteiger partial charge in [0, 0.05) is 5.57 Å². The van der Waals surface area contributed by atoms with Crippen LogP contribution in [0.4, 0.5) is 0 Å². The number of allylic oxidation sites excluding steroid dienone is 3. The van der Waals surface area contributed by atoms with E-state index in [1.54, 1.807) is 13.0 Å². The predicted molar refractivity (Wildman–Crippen MR) is 61.5 cm³/mol. The maximum Gasteiger partial charge on any atom is 0.338 e. The third-order valence-corrected chi connectivity index (χ3v) is 1.44. The average molecular weight is 210 g/mol. The van der Waals surface area contributed by atoms with Crippen molar-refractivity contribution in [2.24, 2.45) is 0 Å². The highest BCUT2D eigenvalue weighted by Gasteiger charge is 2.12. The number of carbonyl (C=O) groups excluding carboxylic acids is 2. The number of aldehydes is 1. The normalized spacial score (nSPS) is 10.9. The van der Waals surface area contributed by atoms with E-state index in [9.17, 15) is 9.59 Å². The molecule has 0 aromatic carbocycles. The first-order valence-electron chi connectivity index (χ1n) is 4.74. The average Bonchev–Trinajstić information content (AvgIpc) is 2.31. The highest BCUT2D eigenvalue weighted by atomic mass is 16.5. The molecular formula is C12H18O3. The van der Waals surface area contributed by atoms with Gasteiger partial charge in [-0.15, -0.1) is 0 Å². The third kappa shape index (κ3) is 5.62. The highest BCUT2D eigenvalue weighted by Crippen LogP contribution is 2.09. The second-order valence-corrected chi connectivity index (χ2v) is 2.17. The monoisotopic (exact) mass is 210 g/mol. The van der Waals surface area contributed by atoms with Crippen LogP contribution >= 0.6 is 0 Å². The Labute approximate surface area is 91.1 Å². The Kier molecular flexibility index (Phi) is 11.0. The number of carbonyl (C=O) groups is 2. The molecule has 0 radical (unpaired) electrons. The molecule has 15 heavy (non-hydrogen) atoms. The van der Waals surface area contributed by atoms with E-state index in [1.807, 2.05) is 13.8 Å². The SMILES string of the molecule is C=C/C=C(C(=O)OC)\C(C=O)=C/C.CC. The Bertz CT molecular complexity index is 273.